The number of fused-ring (bicyclic) bond motifs is 1. The summed E-state index contributed by atoms with van der Waals surface area (Å²) in [6.45, 7) is 2.77. The van der Waals surface area contributed by atoms with Crippen LogP contribution in [0.4, 0.5) is 0 Å². The van der Waals surface area contributed by atoms with Crippen molar-refractivity contribution in [1.29, 1.82) is 0 Å². The van der Waals surface area contributed by atoms with Crippen molar-refractivity contribution in [1.82, 2.24) is 9.80 Å². The van der Waals surface area contributed by atoms with Gasteiger partial charge in [-0.2, -0.15) is 0 Å². The molecule has 1 aromatic rings. The minimum absolute atomic E-state index is 0.0667. The Kier molecular flexibility index (Phi) is 3.44. The van der Waals surface area contributed by atoms with Crippen molar-refractivity contribution < 1.29 is 14.3 Å². The number of ketones is 1. The number of carbonyl (C=O) groups excluding carboxylic acids is 2. The van der Waals surface area contributed by atoms with Crippen molar-refractivity contribution in [3.8, 4) is 5.75 Å². The summed E-state index contributed by atoms with van der Waals surface area (Å²) in [5.41, 5.74) is 1.81. The molecule has 0 atom stereocenters. The van der Waals surface area contributed by atoms with Crippen molar-refractivity contribution in [2.24, 2.45) is 0 Å². The van der Waals surface area contributed by atoms with Crippen molar-refractivity contribution in [3.63, 3.8) is 0 Å². The predicted molar refractivity (Wildman–Crippen MR) is 74.0 cm³/mol. The lowest BCUT2D eigenvalue weighted by atomic mass is 10.0. The minimum atomic E-state index is 0.0667. The molecular formula is C15H18N2O3. The zero-order valence-corrected chi connectivity index (χ0v) is 11.6. The molecule has 20 heavy (non-hydrogen) atoms. The van der Waals surface area contributed by atoms with Crippen LogP contribution in [0.3, 0.4) is 0 Å². The smallest absolute Gasteiger partial charge is 0.236 e. The monoisotopic (exact) mass is 274 g/mol. The molecule has 2 heterocycles. The summed E-state index contributed by atoms with van der Waals surface area (Å²) in [5, 5.41) is 0. The number of amides is 1. The topological polar surface area (TPSA) is 49.9 Å². The number of hydrogen-bond acceptors (Lipinski definition) is 4. The lowest BCUT2D eigenvalue weighted by Gasteiger charge is -2.31. The maximum Gasteiger partial charge on any atom is 0.236 e. The summed E-state index contributed by atoms with van der Waals surface area (Å²) in [5.74, 6) is 1.03. The van der Waals surface area contributed by atoms with Crippen LogP contribution in [-0.4, -0.2) is 61.3 Å². The molecule has 0 bridgehead atoms. The first-order chi connectivity index (χ1) is 9.63. The molecule has 5 heteroatoms. The van der Waals surface area contributed by atoms with Crippen LogP contribution in [0.1, 0.15) is 15.9 Å². The Morgan fingerprint density at radius 2 is 2.20 bits per heavy atom. The van der Waals surface area contributed by atoms with Gasteiger partial charge in [-0.1, -0.05) is 0 Å². The molecule has 0 N–H and O–H groups in total. The maximum absolute atomic E-state index is 12.3. The molecule has 2 aliphatic rings. The zero-order valence-electron chi connectivity index (χ0n) is 11.6. The Balaban J connectivity index is 1.66. The van der Waals surface area contributed by atoms with E-state index >= 15 is 0 Å². The van der Waals surface area contributed by atoms with E-state index in [1.165, 1.54) is 0 Å². The Labute approximate surface area is 118 Å². The Hall–Kier alpha value is -1.88. The molecule has 1 amide bonds. The van der Waals surface area contributed by atoms with Gasteiger partial charge >= 0.3 is 0 Å². The van der Waals surface area contributed by atoms with E-state index in [0.717, 1.165) is 24.3 Å². The first-order valence-electron chi connectivity index (χ1n) is 6.89. The third kappa shape index (κ3) is 2.54. The first-order valence-corrected chi connectivity index (χ1v) is 6.89. The van der Waals surface area contributed by atoms with Gasteiger partial charge in [0.25, 0.3) is 0 Å². The molecule has 0 saturated carbocycles. The van der Waals surface area contributed by atoms with Crippen LogP contribution in [0.5, 0.6) is 5.75 Å². The largest absolute Gasteiger partial charge is 0.493 e. The van der Waals surface area contributed by atoms with Gasteiger partial charge in [-0.3, -0.25) is 14.5 Å². The van der Waals surface area contributed by atoms with E-state index < -0.39 is 0 Å². The van der Waals surface area contributed by atoms with Gasteiger partial charge in [-0.05, 0) is 23.8 Å². The van der Waals surface area contributed by atoms with Crippen molar-refractivity contribution in [2.75, 3.05) is 39.8 Å². The van der Waals surface area contributed by atoms with Gasteiger partial charge in [-0.25, -0.2) is 0 Å². The predicted octanol–water partition coefficient (Wildman–Crippen LogP) is 0.578. The molecule has 2 aliphatic heterocycles. The number of Topliss-reactive ketones (excluding diaryl/α,β-unsaturated/α-hetero) is 1. The highest BCUT2D eigenvalue weighted by molar-refractivity contribution is 5.98. The van der Waals surface area contributed by atoms with Gasteiger partial charge < -0.3 is 9.64 Å². The van der Waals surface area contributed by atoms with Gasteiger partial charge in [0.15, 0.2) is 5.78 Å². The van der Waals surface area contributed by atoms with Crippen molar-refractivity contribution in [3.05, 3.63) is 29.3 Å². The Morgan fingerprint density at radius 1 is 1.35 bits per heavy atom. The molecule has 106 valence electrons. The number of likely N-dealkylation sites (N-methyl/N-ethyl adjacent to an activating group) is 1. The fraction of sp³-hybridized carbons (Fsp3) is 0.467. The first kappa shape index (κ1) is 13.1. The fourth-order valence-electron chi connectivity index (χ4n) is 2.60. The number of carbonyl (C=O) groups is 2. The molecular weight excluding hydrogens is 256 g/mol. The Morgan fingerprint density at radius 3 is 3.00 bits per heavy atom. The van der Waals surface area contributed by atoms with Crippen LogP contribution >= 0.6 is 0 Å². The van der Waals surface area contributed by atoms with Crippen LogP contribution in [-0.2, 0) is 11.2 Å². The highest BCUT2D eigenvalue weighted by Crippen LogP contribution is 2.26. The van der Waals surface area contributed by atoms with Gasteiger partial charge in [0.2, 0.25) is 5.91 Å². The normalized spacial score (nSPS) is 18.9. The number of benzene rings is 1. The van der Waals surface area contributed by atoms with E-state index in [1.807, 2.05) is 23.1 Å². The number of rotatable bonds is 3. The van der Waals surface area contributed by atoms with Crippen LogP contribution < -0.4 is 4.74 Å². The fourth-order valence-corrected chi connectivity index (χ4v) is 2.60. The second kappa shape index (κ2) is 5.25. The lowest BCUT2D eigenvalue weighted by molar-refractivity contribution is -0.134. The van der Waals surface area contributed by atoms with E-state index in [1.54, 1.807) is 11.9 Å². The number of piperazine rings is 1. The average Bonchev–Trinajstić information content (AvgIpc) is 2.90. The number of ether oxygens (including phenoxy) is 1. The second-order valence-electron chi connectivity index (χ2n) is 5.37. The highest BCUT2D eigenvalue weighted by atomic mass is 16.5. The van der Waals surface area contributed by atoms with Gasteiger partial charge in [0.05, 0.1) is 19.7 Å². The molecule has 1 aromatic carbocycles. The third-order valence-corrected chi connectivity index (χ3v) is 3.91. The van der Waals surface area contributed by atoms with Gasteiger partial charge in [0, 0.05) is 32.1 Å². The number of nitrogens with zero attached hydrogens (tertiary/aromatic N) is 2. The minimum Gasteiger partial charge on any atom is -0.493 e. The maximum atomic E-state index is 12.3. The summed E-state index contributed by atoms with van der Waals surface area (Å²) in [4.78, 5) is 27.5. The lowest BCUT2D eigenvalue weighted by Crippen LogP contribution is -2.49. The third-order valence-electron chi connectivity index (χ3n) is 3.91. The van der Waals surface area contributed by atoms with Crippen molar-refractivity contribution >= 4 is 11.7 Å². The molecule has 0 spiro atoms. The van der Waals surface area contributed by atoms with Crippen molar-refractivity contribution in [2.45, 2.75) is 6.42 Å². The van der Waals surface area contributed by atoms with E-state index in [4.69, 9.17) is 4.74 Å². The van der Waals surface area contributed by atoms with E-state index in [0.29, 0.717) is 31.8 Å². The Bertz CT molecular complexity index is 556. The van der Waals surface area contributed by atoms with E-state index in [-0.39, 0.29) is 11.7 Å². The molecule has 0 aliphatic carbocycles. The summed E-state index contributed by atoms with van der Waals surface area (Å²) < 4.78 is 5.44. The van der Waals surface area contributed by atoms with Crippen LogP contribution in [0.25, 0.3) is 0 Å². The van der Waals surface area contributed by atoms with Crippen LogP contribution in [0.2, 0.25) is 0 Å². The highest BCUT2D eigenvalue weighted by Gasteiger charge is 2.23. The zero-order chi connectivity index (χ0) is 14.1. The number of hydrogen-bond donors (Lipinski definition) is 0. The standard InChI is InChI=1S/C15H18N2O3/c1-16-5-6-17(10-15(16)19)9-13(18)11-2-3-14-12(8-11)4-7-20-14/h2-3,8H,4-7,9-10H2,1H3. The quantitative estimate of drug-likeness (QED) is 0.757. The average molecular weight is 274 g/mol. The molecule has 0 unspecified atom stereocenters. The van der Waals surface area contributed by atoms with E-state index in [2.05, 4.69) is 0 Å². The molecule has 0 radical (unpaired) electrons. The van der Waals surface area contributed by atoms with Gasteiger partial charge in [-0.15, -0.1) is 0 Å². The summed E-state index contributed by atoms with van der Waals surface area (Å²) in [6.07, 6.45) is 0.865. The van der Waals surface area contributed by atoms with Crippen LogP contribution in [0, 0.1) is 0 Å². The summed E-state index contributed by atoms with van der Waals surface area (Å²) >= 11 is 0. The molecule has 1 saturated heterocycles. The van der Waals surface area contributed by atoms with Crippen LogP contribution in [0.15, 0.2) is 18.2 Å². The SMILES string of the molecule is CN1CCN(CC(=O)c2ccc3c(c2)CCO3)CC1=O. The van der Waals surface area contributed by atoms with Gasteiger partial charge in [0.1, 0.15) is 5.75 Å². The molecule has 5 nitrogen and oxygen atoms in total. The van der Waals surface area contributed by atoms with E-state index in [9.17, 15) is 9.59 Å². The summed E-state index contributed by atoms with van der Waals surface area (Å²) in [7, 11) is 1.79. The molecule has 1 fully saturated rings. The second-order valence-corrected chi connectivity index (χ2v) is 5.37. The molecule has 3 rings (SSSR count). The molecule has 0 aromatic heterocycles. The summed E-state index contributed by atoms with van der Waals surface area (Å²) in [6, 6.07) is 5.59.